The number of carbonyl (C=O) groups is 3. The summed E-state index contributed by atoms with van der Waals surface area (Å²) in [6.45, 7) is 5.68. The number of carboxylic acid groups (broad SMARTS) is 1. The van der Waals surface area contributed by atoms with Crippen LogP contribution in [-0.4, -0.2) is 33.8 Å². The standard InChI is InChI=1S/C13H21NO4/c1-4-5-9(6-12(17)18)14-10(15)7-13(2,3)8-11(14)16/h9H,4-8H2,1-3H3,(H,17,18). The van der Waals surface area contributed by atoms with Crippen molar-refractivity contribution in [3.63, 3.8) is 0 Å². The second kappa shape index (κ2) is 5.50. The molecule has 0 saturated carbocycles. The molecule has 5 heteroatoms. The largest absolute Gasteiger partial charge is 0.481 e. The van der Waals surface area contributed by atoms with E-state index in [2.05, 4.69) is 0 Å². The van der Waals surface area contributed by atoms with Crippen LogP contribution in [0.5, 0.6) is 0 Å². The number of carbonyl (C=O) groups excluding carboxylic acids is 2. The van der Waals surface area contributed by atoms with Gasteiger partial charge in [-0.1, -0.05) is 27.2 Å². The Labute approximate surface area is 107 Å². The van der Waals surface area contributed by atoms with E-state index in [1.54, 1.807) is 0 Å². The van der Waals surface area contributed by atoms with Gasteiger partial charge in [0.2, 0.25) is 11.8 Å². The Morgan fingerprint density at radius 1 is 1.33 bits per heavy atom. The number of likely N-dealkylation sites (tertiary alicyclic amines) is 1. The van der Waals surface area contributed by atoms with Crippen molar-refractivity contribution in [2.24, 2.45) is 5.41 Å². The molecule has 1 rings (SSSR count). The van der Waals surface area contributed by atoms with E-state index in [0.29, 0.717) is 19.3 Å². The summed E-state index contributed by atoms with van der Waals surface area (Å²) in [5.74, 6) is -1.45. The van der Waals surface area contributed by atoms with Gasteiger partial charge >= 0.3 is 5.97 Å². The van der Waals surface area contributed by atoms with Gasteiger partial charge in [0.1, 0.15) is 0 Å². The SMILES string of the molecule is CCCC(CC(=O)O)N1C(=O)CC(C)(C)CC1=O. The first-order chi connectivity index (χ1) is 8.26. The maximum absolute atomic E-state index is 12.0. The zero-order valence-corrected chi connectivity index (χ0v) is 11.2. The van der Waals surface area contributed by atoms with Gasteiger partial charge in [0.05, 0.1) is 12.5 Å². The molecular formula is C13H21NO4. The van der Waals surface area contributed by atoms with E-state index < -0.39 is 12.0 Å². The summed E-state index contributed by atoms with van der Waals surface area (Å²) in [5, 5.41) is 8.87. The number of carboxylic acids is 1. The fourth-order valence-corrected chi connectivity index (χ4v) is 2.46. The molecule has 1 atom stereocenters. The van der Waals surface area contributed by atoms with Crippen molar-refractivity contribution in [1.82, 2.24) is 4.90 Å². The van der Waals surface area contributed by atoms with E-state index in [9.17, 15) is 14.4 Å². The smallest absolute Gasteiger partial charge is 0.305 e. The highest BCUT2D eigenvalue weighted by Crippen LogP contribution is 2.33. The van der Waals surface area contributed by atoms with Crippen LogP contribution in [0.1, 0.15) is 52.9 Å². The Balaban J connectivity index is 2.87. The van der Waals surface area contributed by atoms with Crippen LogP contribution >= 0.6 is 0 Å². The van der Waals surface area contributed by atoms with E-state index >= 15 is 0 Å². The maximum atomic E-state index is 12.0. The number of hydrogen-bond acceptors (Lipinski definition) is 3. The van der Waals surface area contributed by atoms with E-state index in [0.717, 1.165) is 6.42 Å². The first kappa shape index (κ1) is 14.7. The highest BCUT2D eigenvalue weighted by Gasteiger charge is 2.40. The van der Waals surface area contributed by atoms with Crippen LogP contribution in [0.25, 0.3) is 0 Å². The van der Waals surface area contributed by atoms with E-state index in [1.807, 2.05) is 20.8 Å². The molecule has 0 spiro atoms. The topological polar surface area (TPSA) is 74.7 Å². The van der Waals surface area contributed by atoms with Crippen LogP contribution in [-0.2, 0) is 14.4 Å². The Morgan fingerprint density at radius 2 is 1.83 bits per heavy atom. The number of imide groups is 1. The normalized spacial score (nSPS) is 20.9. The van der Waals surface area contributed by atoms with Crippen LogP contribution in [0.3, 0.4) is 0 Å². The van der Waals surface area contributed by atoms with Crippen molar-refractivity contribution >= 4 is 17.8 Å². The molecule has 0 aromatic heterocycles. The summed E-state index contributed by atoms with van der Waals surface area (Å²) in [6.07, 6.45) is 1.74. The lowest BCUT2D eigenvalue weighted by atomic mass is 9.81. The monoisotopic (exact) mass is 255 g/mol. The van der Waals surface area contributed by atoms with Crippen molar-refractivity contribution in [3.05, 3.63) is 0 Å². The third kappa shape index (κ3) is 3.55. The summed E-state index contributed by atoms with van der Waals surface area (Å²) < 4.78 is 0. The average molecular weight is 255 g/mol. The van der Waals surface area contributed by atoms with E-state index in [1.165, 1.54) is 4.90 Å². The minimum atomic E-state index is -0.973. The number of hydrogen-bond donors (Lipinski definition) is 1. The molecule has 0 aromatic carbocycles. The maximum Gasteiger partial charge on any atom is 0.305 e. The molecule has 1 aliphatic rings. The highest BCUT2D eigenvalue weighted by atomic mass is 16.4. The lowest BCUT2D eigenvalue weighted by Crippen LogP contribution is -2.51. The first-order valence-electron chi connectivity index (χ1n) is 6.33. The third-order valence-corrected chi connectivity index (χ3v) is 3.19. The predicted octanol–water partition coefficient (Wildman–Crippen LogP) is 1.80. The molecule has 2 amide bonds. The van der Waals surface area contributed by atoms with E-state index in [-0.39, 0.29) is 23.7 Å². The molecule has 0 radical (unpaired) electrons. The predicted molar refractivity (Wildman–Crippen MR) is 65.8 cm³/mol. The van der Waals surface area contributed by atoms with Crippen LogP contribution in [0.2, 0.25) is 0 Å². The Morgan fingerprint density at radius 3 is 2.22 bits per heavy atom. The van der Waals surface area contributed by atoms with Gasteiger partial charge in [-0.25, -0.2) is 0 Å². The third-order valence-electron chi connectivity index (χ3n) is 3.19. The average Bonchev–Trinajstić information content (AvgIpc) is 2.12. The van der Waals surface area contributed by atoms with Gasteiger partial charge in [0, 0.05) is 12.8 Å². The quantitative estimate of drug-likeness (QED) is 0.760. The first-order valence-corrected chi connectivity index (χ1v) is 6.33. The van der Waals surface area contributed by atoms with Gasteiger partial charge in [-0.3, -0.25) is 19.3 Å². The Kier molecular flexibility index (Phi) is 4.48. The molecule has 1 saturated heterocycles. The number of nitrogens with zero attached hydrogens (tertiary/aromatic N) is 1. The fraction of sp³-hybridized carbons (Fsp3) is 0.769. The fourth-order valence-electron chi connectivity index (χ4n) is 2.46. The summed E-state index contributed by atoms with van der Waals surface area (Å²) in [6, 6.07) is -0.497. The van der Waals surface area contributed by atoms with Crippen molar-refractivity contribution in [1.29, 1.82) is 0 Å². The van der Waals surface area contributed by atoms with Crippen molar-refractivity contribution in [2.75, 3.05) is 0 Å². The van der Waals surface area contributed by atoms with Gasteiger partial charge in [-0.05, 0) is 11.8 Å². The molecule has 5 nitrogen and oxygen atoms in total. The number of amides is 2. The van der Waals surface area contributed by atoms with E-state index in [4.69, 9.17) is 5.11 Å². The summed E-state index contributed by atoms with van der Waals surface area (Å²) in [7, 11) is 0. The number of aliphatic carboxylic acids is 1. The van der Waals surface area contributed by atoms with Crippen LogP contribution in [0, 0.1) is 5.41 Å². The molecule has 102 valence electrons. The summed E-state index contributed by atoms with van der Waals surface area (Å²) in [4.78, 5) is 36.1. The second-order valence-electron chi connectivity index (χ2n) is 5.72. The van der Waals surface area contributed by atoms with Crippen LogP contribution in [0.4, 0.5) is 0 Å². The van der Waals surface area contributed by atoms with Crippen molar-refractivity contribution < 1.29 is 19.5 Å². The lowest BCUT2D eigenvalue weighted by molar-refractivity contribution is -0.156. The zero-order chi connectivity index (χ0) is 13.9. The minimum absolute atomic E-state index is 0.161. The molecule has 0 bridgehead atoms. The Bertz CT molecular complexity index is 342. The van der Waals surface area contributed by atoms with Gasteiger partial charge in [-0.2, -0.15) is 0 Å². The van der Waals surface area contributed by atoms with Crippen LogP contribution in [0.15, 0.2) is 0 Å². The summed E-state index contributed by atoms with van der Waals surface area (Å²) >= 11 is 0. The molecule has 1 fully saturated rings. The number of piperidine rings is 1. The molecule has 1 N–H and O–H groups in total. The minimum Gasteiger partial charge on any atom is -0.481 e. The van der Waals surface area contributed by atoms with Crippen molar-refractivity contribution in [3.8, 4) is 0 Å². The highest BCUT2D eigenvalue weighted by molar-refractivity contribution is 5.99. The molecule has 1 unspecified atom stereocenters. The van der Waals surface area contributed by atoms with Crippen LogP contribution < -0.4 is 0 Å². The number of rotatable bonds is 5. The van der Waals surface area contributed by atoms with Crippen molar-refractivity contribution in [2.45, 2.75) is 58.9 Å². The van der Waals surface area contributed by atoms with Gasteiger partial charge in [0.15, 0.2) is 0 Å². The molecule has 1 heterocycles. The molecule has 1 aliphatic heterocycles. The second-order valence-corrected chi connectivity index (χ2v) is 5.72. The molecular weight excluding hydrogens is 234 g/mol. The lowest BCUT2D eigenvalue weighted by Gasteiger charge is -2.38. The van der Waals surface area contributed by atoms with Gasteiger partial charge in [0.25, 0.3) is 0 Å². The summed E-state index contributed by atoms with van der Waals surface area (Å²) in [5.41, 5.74) is -0.315. The molecule has 18 heavy (non-hydrogen) atoms. The Hall–Kier alpha value is -1.39. The van der Waals surface area contributed by atoms with Gasteiger partial charge < -0.3 is 5.11 Å². The van der Waals surface area contributed by atoms with Gasteiger partial charge in [-0.15, -0.1) is 0 Å². The molecule has 0 aromatic rings. The molecule has 0 aliphatic carbocycles. The zero-order valence-electron chi connectivity index (χ0n) is 11.2.